The normalized spacial score (nSPS) is 25.2. The van der Waals surface area contributed by atoms with Crippen molar-refractivity contribution in [3.05, 3.63) is 82.4 Å². The first-order valence-corrected chi connectivity index (χ1v) is 12.9. The zero-order valence-electron chi connectivity index (χ0n) is 21.5. The molecule has 0 fully saturated rings. The highest BCUT2D eigenvalue weighted by molar-refractivity contribution is 5.67. The molecule has 216 valence electrons. The number of ether oxygens (including phenoxy) is 3. The molecule has 0 saturated carbocycles. The van der Waals surface area contributed by atoms with Crippen molar-refractivity contribution >= 4 is 0 Å². The monoisotopic (exact) mass is 576 g/mol. The number of aromatic hydroxyl groups is 7. The summed E-state index contributed by atoms with van der Waals surface area (Å²) in [5, 5.41) is 95.1. The van der Waals surface area contributed by atoms with Crippen molar-refractivity contribution in [3.63, 3.8) is 0 Å². The highest BCUT2D eigenvalue weighted by Crippen LogP contribution is 2.61. The van der Waals surface area contributed by atoms with E-state index in [1.165, 1.54) is 42.5 Å². The maximum Gasteiger partial charge on any atom is 0.305 e. The maximum atomic E-state index is 11.8. The molecule has 4 aromatic rings. The summed E-state index contributed by atoms with van der Waals surface area (Å²) in [5.41, 5.74) is 0.722. The highest BCUT2D eigenvalue weighted by Gasteiger charge is 2.59. The van der Waals surface area contributed by atoms with Crippen LogP contribution in [0.1, 0.15) is 39.8 Å². The Morgan fingerprint density at radius 1 is 0.643 bits per heavy atom. The van der Waals surface area contributed by atoms with E-state index < -0.39 is 53.0 Å². The van der Waals surface area contributed by atoms with Gasteiger partial charge in [0.25, 0.3) is 0 Å². The second kappa shape index (κ2) is 8.65. The molecular weight excluding hydrogens is 552 g/mol. The molecule has 12 heteroatoms. The number of hydrogen-bond donors (Lipinski definition) is 9. The Hall–Kier alpha value is -5.20. The number of rotatable bonds is 2. The fourth-order valence-corrected chi connectivity index (χ4v) is 6.08. The average molecular weight is 577 g/mol. The van der Waals surface area contributed by atoms with Crippen LogP contribution in [0.2, 0.25) is 0 Å². The van der Waals surface area contributed by atoms with Crippen molar-refractivity contribution in [3.8, 4) is 57.5 Å². The topological polar surface area (TPSA) is 210 Å². The van der Waals surface area contributed by atoms with Crippen LogP contribution in [0.25, 0.3) is 0 Å². The number of hydrogen-bond acceptors (Lipinski definition) is 12. The van der Waals surface area contributed by atoms with Gasteiger partial charge in [0, 0.05) is 46.9 Å². The van der Waals surface area contributed by atoms with E-state index in [0.717, 1.165) is 12.1 Å². The van der Waals surface area contributed by atoms with Crippen LogP contribution in [-0.2, 0) is 12.2 Å². The Morgan fingerprint density at radius 2 is 1.31 bits per heavy atom. The lowest BCUT2D eigenvalue weighted by Gasteiger charge is -2.50. The third kappa shape index (κ3) is 3.49. The minimum Gasteiger partial charge on any atom is -0.508 e. The van der Waals surface area contributed by atoms with Gasteiger partial charge in [-0.25, -0.2) is 0 Å². The van der Waals surface area contributed by atoms with Gasteiger partial charge < -0.3 is 60.2 Å². The van der Waals surface area contributed by atoms with Gasteiger partial charge in [0.05, 0.1) is 12.0 Å². The van der Waals surface area contributed by atoms with Crippen molar-refractivity contribution in [2.24, 2.45) is 0 Å². The summed E-state index contributed by atoms with van der Waals surface area (Å²) in [6, 6.07) is 11.3. The molecule has 0 saturated heterocycles. The third-order valence-corrected chi connectivity index (χ3v) is 8.04. The van der Waals surface area contributed by atoms with E-state index in [1.54, 1.807) is 0 Å². The molecule has 0 radical (unpaired) electrons. The average Bonchev–Trinajstić information content (AvgIpc) is 2.92. The Bertz CT molecular complexity index is 1790. The maximum absolute atomic E-state index is 11.8. The fraction of sp³-hybridized carbons (Fsp3) is 0.200. The van der Waals surface area contributed by atoms with Crippen molar-refractivity contribution in [1.82, 2.24) is 0 Å². The summed E-state index contributed by atoms with van der Waals surface area (Å²) in [4.78, 5) is 0. The van der Waals surface area contributed by atoms with E-state index in [9.17, 15) is 46.0 Å². The Balaban J connectivity index is 1.43. The molecule has 12 nitrogen and oxygen atoms in total. The van der Waals surface area contributed by atoms with Gasteiger partial charge in [-0.2, -0.15) is 0 Å². The second-order valence-electron chi connectivity index (χ2n) is 10.5. The zero-order chi connectivity index (χ0) is 29.7. The van der Waals surface area contributed by atoms with E-state index in [1.807, 2.05) is 0 Å². The lowest BCUT2D eigenvalue weighted by molar-refractivity contribution is -0.218. The van der Waals surface area contributed by atoms with Gasteiger partial charge in [0.15, 0.2) is 23.0 Å². The van der Waals surface area contributed by atoms with E-state index in [4.69, 9.17) is 14.2 Å². The molecule has 5 atom stereocenters. The summed E-state index contributed by atoms with van der Waals surface area (Å²) in [7, 11) is 0. The molecule has 0 spiro atoms. The molecule has 0 aliphatic carbocycles. The summed E-state index contributed by atoms with van der Waals surface area (Å²) >= 11 is 0. The van der Waals surface area contributed by atoms with E-state index in [0.29, 0.717) is 5.56 Å². The molecule has 2 bridgehead atoms. The molecule has 0 unspecified atom stereocenters. The number of benzene rings is 4. The lowest BCUT2D eigenvalue weighted by Crippen LogP contribution is -2.57. The van der Waals surface area contributed by atoms with Crippen molar-refractivity contribution in [2.75, 3.05) is 0 Å². The van der Waals surface area contributed by atoms with Gasteiger partial charge in [-0.1, -0.05) is 6.07 Å². The third-order valence-electron chi connectivity index (χ3n) is 8.04. The molecule has 4 aromatic carbocycles. The molecule has 3 aliphatic heterocycles. The first-order valence-electron chi connectivity index (χ1n) is 12.9. The van der Waals surface area contributed by atoms with Crippen LogP contribution in [0.4, 0.5) is 0 Å². The number of phenolic OH excluding ortho intramolecular Hbond substituents is 7. The smallest absolute Gasteiger partial charge is 0.305 e. The second-order valence-corrected chi connectivity index (χ2v) is 10.5. The zero-order valence-corrected chi connectivity index (χ0v) is 21.5. The Morgan fingerprint density at radius 3 is 2.00 bits per heavy atom. The SMILES string of the molecule is Oc1cc(O)c2c(c1)O[C@@]1(c3ccc(O)c(O)c3)Oc3cc4c(c(O)c3[C@@H]2[C@H]1O)C[C@@H](O)[C@@H](c1ccc(O)c(O)c1)O4. The van der Waals surface area contributed by atoms with Crippen molar-refractivity contribution < 1.29 is 60.2 Å². The van der Waals surface area contributed by atoms with Crippen LogP contribution < -0.4 is 14.2 Å². The molecule has 0 amide bonds. The van der Waals surface area contributed by atoms with Crippen LogP contribution in [-0.4, -0.2) is 58.2 Å². The predicted molar refractivity (Wildman–Crippen MR) is 141 cm³/mol. The van der Waals surface area contributed by atoms with Crippen LogP contribution in [0, 0.1) is 0 Å². The van der Waals surface area contributed by atoms with Gasteiger partial charge in [0.2, 0.25) is 0 Å². The first-order chi connectivity index (χ1) is 20.0. The molecule has 9 N–H and O–H groups in total. The van der Waals surface area contributed by atoms with E-state index >= 15 is 0 Å². The van der Waals surface area contributed by atoms with Gasteiger partial charge in [-0.15, -0.1) is 0 Å². The molecule has 3 aliphatic rings. The largest absolute Gasteiger partial charge is 0.508 e. The van der Waals surface area contributed by atoms with Gasteiger partial charge in [0.1, 0.15) is 46.7 Å². The van der Waals surface area contributed by atoms with Crippen LogP contribution in [0.5, 0.6) is 57.5 Å². The number of phenols is 7. The molecule has 42 heavy (non-hydrogen) atoms. The number of aliphatic hydroxyl groups is 2. The van der Waals surface area contributed by atoms with Gasteiger partial charge in [-0.05, 0) is 35.9 Å². The quantitative estimate of drug-likeness (QED) is 0.158. The van der Waals surface area contributed by atoms with Crippen molar-refractivity contribution in [1.29, 1.82) is 0 Å². The Labute approximate surface area is 236 Å². The van der Waals surface area contributed by atoms with Gasteiger partial charge >= 0.3 is 5.79 Å². The summed E-state index contributed by atoms with van der Waals surface area (Å²) in [6.45, 7) is 0. The van der Waals surface area contributed by atoms with Gasteiger partial charge in [-0.3, -0.25) is 0 Å². The van der Waals surface area contributed by atoms with Crippen LogP contribution in [0.15, 0.2) is 54.6 Å². The fourth-order valence-electron chi connectivity index (χ4n) is 6.08. The van der Waals surface area contributed by atoms with E-state index in [-0.39, 0.29) is 63.2 Å². The minimum absolute atomic E-state index is 0.0177. The lowest BCUT2D eigenvalue weighted by atomic mass is 9.74. The molecule has 3 heterocycles. The molecule has 7 rings (SSSR count). The summed E-state index contributed by atoms with van der Waals surface area (Å²) < 4.78 is 18.4. The summed E-state index contributed by atoms with van der Waals surface area (Å²) in [5.74, 6) is -6.12. The van der Waals surface area contributed by atoms with Crippen LogP contribution >= 0.6 is 0 Å². The van der Waals surface area contributed by atoms with Crippen LogP contribution in [0.3, 0.4) is 0 Å². The minimum atomic E-state index is -2.09. The summed E-state index contributed by atoms with van der Waals surface area (Å²) in [6.07, 6.45) is -3.93. The predicted octanol–water partition coefficient (Wildman–Crippen LogP) is 2.79. The Kier molecular flexibility index (Phi) is 5.30. The molecular formula is C30H24O12. The highest BCUT2D eigenvalue weighted by atomic mass is 16.7. The number of aliphatic hydroxyl groups excluding tert-OH is 2. The van der Waals surface area contributed by atoms with E-state index in [2.05, 4.69) is 0 Å². The van der Waals surface area contributed by atoms with Crippen molar-refractivity contribution in [2.45, 2.75) is 36.4 Å². The number of fused-ring (bicyclic) bond motifs is 7. The first kappa shape index (κ1) is 25.7. The standard InChI is InChI=1S/C30H24O12/c31-13-7-19(36)24-22(8-13)41-30(12-2-4-16(33)18(35)6-12)29(39)26(24)25-23(42-30)10-21-14(27(25)38)9-20(37)28(40-21)11-1-3-15(32)17(34)5-11/h1-8,10,20,26,28-29,31-39H,9H2/t20-,26-,28-,29-,30+/m1/s1. The molecule has 0 aromatic heterocycles.